The molecule has 0 radical (unpaired) electrons. The fraction of sp³-hybridized carbons (Fsp3) is 0.304. The monoisotopic (exact) mass is 533 g/mol. The lowest BCUT2D eigenvalue weighted by atomic mass is 10.1. The molecule has 0 unspecified atom stereocenters. The van der Waals surface area contributed by atoms with E-state index in [1.807, 2.05) is 35.1 Å². The van der Waals surface area contributed by atoms with E-state index in [9.17, 15) is 0 Å². The number of hydrogen-bond acceptors (Lipinski definition) is 4. The molecule has 8 heteroatoms. The van der Waals surface area contributed by atoms with E-state index in [1.165, 1.54) is 5.56 Å². The normalized spacial score (nSPS) is 13.1. The van der Waals surface area contributed by atoms with Gasteiger partial charge in [-0.2, -0.15) is 5.10 Å². The van der Waals surface area contributed by atoms with E-state index in [4.69, 9.17) is 14.5 Å². The molecule has 0 bridgehead atoms. The van der Waals surface area contributed by atoms with Gasteiger partial charge in [0.1, 0.15) is 0 Å². The molecule has 0 saturated heterocycles. The van der Waals surface area contributed by atoms with Gasteiger partial charge in [-0.15, -0.1) is 24.0 Å². The van der Waals surface area contributed by atoms with Crippen molar-refractivity contribution >= 4 is 35.6 Å². The van der Waals surface area contributed by atoms with Crippen molar-refractivity contribution in [2.24, 2.45) is 4.99 Å². The predicted octanol–water partition coefficient (Wildman–Crippen LogP) is 4.29. The molecular formula is C23H28IN5O2. The number of aliphatic imine (C=N–C) groups is 1. The van der Waals surface area contributed by atoms with Crippen LogP contribution in [0.25, 0.3) is 0 Å². The summed E-state index contributed by atoms with van der Waals surface area (Å²) < 4.78 is 13.4. The van der Waals surface area contributed by atoms with Gasteiger partial charge in [-0.05, 0) is 36.2 Å². The Morgan fingerprint density at radius 2 is 1.90 bits per heavy atom. The van der Waals surface area contributed by atoms with Crippen LogP contribution in [0.3, 0.4) is 0 Å². The zero-order chi connectivity index (χ0) is 20.6. The summed E-state index contributed by atoms with van der Waals surface area (Å²) in [4.78, 5) is 4.75. The highest BCUT2D eigenvalue weighted by Crippen LogP contribution is 2.32. The van der Waals surface area contributed by atoms with E-state index >= 15 is 0 Å². The molecule has 0 aliphatic carbocycles. The number of ether oxygens (including phenoxy) is 2. The average molecular weight is 533 g/mol. The number of guanidine groups is 1. The summed E-state index contributed by atoms with van der Waals surface area (Å²) in [5, 5.41) is 10.9. The Bertz CT molecular complexity index is 991. The minimum absolute atomic E-state index is 0. The highest BCUT2D eigenvalue weighted by molar-refractivity contribution is 14.0. The number of fused-ring (bicyclic) bond motifs is 1. The van der Waals surface area contributed by atoms with Crippen molar-refractivity contribution in [1.82, 2.24) is 15.1 Å². The van der Waals surface area contributed by atoms with Gasteiger partial charge in [0.15, 0.2) is 17.5 Å². The van der Waals surface area contributed by atoms with Crippen molar-refractivity contribution in [2.75, 3.05) is 25.1 Å². The van der Waals surface area contributed by atoms with Gasteiger partial charge in [0.05, 0.1) is 26.3 Å². The van der Waals surface area contributed by atoms with E-state index in [2.05, 4.69) is 46.9 Å². The molecule has 1 aliphatic heterocycles. The van der Waals surface area contributed by atoms with Gasteiger partial charge < -0.3 is 20.1 Å². The second-order valence-electron chi connectivity index (χ2n) is 7.06. The minimum Gasteiger partial charge on any atom is -0.490 e. The molecule has 1 aliphatic rings. The lowest BCUT2D eigenvalue weighted by Crippen LogP contribution is -2.30. The molecule has 31 heavy (non-hydrogen) atoms. The summed E-state index contributed by atoms with van der Waals surface area (Å²) in [5.41, 5.74) is 3.26. The smallest absolute Gasteiger partial charge is 0.196 e. The molecule has 7 nitrogen and oxygen atoms in total. The lowest BCUT2D eigenvalue weighted by Gasteiger charge is -2.14. The molecule has 4 rings (SSSR count). The number of rotatable bonds is 6. The van der Waals surface area contributed by atoms with Crippen LogP contribution in [0.1, 0.15) is 24.5 Å². The van der Waals surface area contributed by atoms with Crippen molar-refractivity contribution in [3.63, 3.8) is 0 Å². The van der Waals surface area contributed by atoms with Crippen LogP contribution in [0.5, 0.6) is 11.5 Å². The van der Waals surface area contributed by atoms with Gasteiger partial charge in [-0.3, -0.25) is 4.68 Å². The summed E-state index contributed by atoms with van der Waals surface area (Å²) in [6.45, 7) is 5.50. The third-order valence-corrected chi connectivity index (χ3v) is 4.67. The number of nitrogens with zero attached hydrogens (tertiary/aromatic N) is 3. The van der Waals surface area contributed by atoms with Gasteiger partial charge in [0.2, 0.25) is 0 Å². The Morgan fingerprint density at radius 1 is 1.06 bits per heavy atom. The number of halogens is 1. The number of anilines is 1. The summed E-state index contributed by atoms with van der Waals surface area (Å²) >= 11 is 0. The SMILES string of the molecule is CCNC(=NCc1cccc(Cn2cccn2)c1)Nc1ccc2c(c1)OCCCO2.I. The van der Waals surface area contributed by atoms with Crippen LogP contribution < -0.4 is 20.1 Å². The van der Waals surface area contributed by atoms with Gasteiger partial charge >= 0.3 is 0 Å². The van der Waals surface area contributed by atoms with Crippen molar-refractivity contribution in [3.05, 3.63) is 72.1 Å². The van der Waals surface area contributed by atoms with E-state index in [0.29, 0.717) is 19.8 Å². The standard InChI is InChI=1S/C23H27N5O2.HI/c1-2-24-23(27-20-8-9-21-22(15-20)30-13-5-12-29-21)25-16-18-6-3-7-19(14-18)17-28-11-4-10-26-28;/h3-4,6-11,14-15H,2,5,12-13,16-17H2,1H3,(H2,24,25,27);1H. The van der Waals surface area contributed by atoms with Crippen LogP contribution >= 0.6 is 24.0 Å². The van der Waals surface area contributed by atoms with Crippen LogP contribution in [-0.4, -0.2) is 35.5 Å². The third-order valence-electron chi connectivity index (χ3n) is 4.67. The van der Waals surface area contributed by atoms with E-state index in [-0.39, 0.29) is 24.0 Å². The maximum absolute atomic E-state index is 5.78. The van der Waals surface area contributed by atoms with Crippen LogP contribution in [0.15, 0.2) is 65.9 Å². The number of nitrogens with one attached hydrogen (secondary N) is 2. The van der Waals surface area contributed by atoms with E-state index in [1.54, 1.807) is 6.20 Å². The van der Waals surface area contributed by atoms with Gasteiger partial charge in [0.25, 0.3) is 0 Å². The van der Waals surface area contributed by atoms with E-state index in [0.717, 1.165) is 48.2 Å². The van der Waals surface area contributed by atoms with Crippen LogP contribution in [0.2, 0.25) is 0 Å². The molecule has 2 heterocycles. The quantitative estimate of drug-likeness (QED) is 0.281. The topological polar surface area (TPSA) is 72.7 Å². The second-order valence-corrected chi connectivity index (χ2v) is 7.06. The first-order chi connectivity index (χ1) is 14.8. The first-order valence-electron chi connectivity index (χ1n) is 10.3. The predicted molar refractivity (Wildman–Crippen MR) is 134 cm³/mol. The number of aromatic nitrogens is 2. The molecule has 164 valence electrons. The Kier molecular flexibility index (Phi) is 8.57. The average Bonchev–Trinajstić information content (AvgIpc) is 3.15. The van der Waals surface area contributed by atoms with Crippen LogP contribution in [0.4, 0.5) is 5.69 Å². The first-order valence-corrected chi connectivity index (χ1v) is 10.3. The fourth-order valence-electron chi connectivity index (χ4n) is 3.26. The van der Waals surface area contributed by atoms with Crippen LogP contribution in [0, 0.1) is 0 Å². The molecule has 3 aromatic rings. The minimum atomic E-state index is 0. The maximum atomic E-state index is 5.78. The van der Waals surface area contributed by atoms with Crippen molar-refractivity contribution in [1.29, 1.82) is 0 Å². The zero-order valence-electron chi connectivity index (χ0n) is 17.6. The first kappa shape index (κ1) is 22.9. The molecular weight excluding hydrogens is 505 g/mol. The molecule has 0 amide bonds. The fourth-order valence-corrected chi connectivity index (χ4v) is 3.26. The summed E-state index contributed by atoms with van der Waals surface area (Å²) in [7, 11) is 0. The van der Waals surface area contributed by atoms with Gasteiger partial charge in [-0.1, -0.05) is 24.3 Å². The van der Waals surface area contributed by atoms with Crippen molar-refractivity contribution < 1.29 is 9.47 Å². The summed E-state index contributed by atoms with van der Waals surface area (Å²) in [6, 6.07) is 16.2. The third kappa shape index (κ3) is 6.61. The van der Waals surface area contributed by atoms with Gasteiger partial charge in [0, 0.05) is 37.1 Å². The molecule has 0 saturated carbocycles. The molecule has 0 spiro atoms. The summed E-state index contributed by atoms with van der Waals surface area (Å²) in [5.74, 6) is 2.28. The number of hydrogen-bond donors (Lipinski definition) is 2. The molecule has 2 aromatic carbocycles. The Balaban J connectivity index is 0.00000272. The Hall–Kier alpha value is -2.75. The highest BCUT2D eigenvalue weighted by Gasteiger charge is 2.11. The van der Waals surface area contributed by atoms with Gasteiger partial charge in [-0.25, -0.2) is 4.99 Å². The molecule has 2 N–H and O–H groups in total. The largest absolute Gasteiger partial charge is 0.490 e. The van der Waals surface area contributed by atoms with Crippen molar-refractivity contribution in [3.8, 4) is 11.5 Å². The molecule has 1 aromatic heterocycles. The second kappa shape index (κ2) is 11.6. The van der Waals surface area contributed by atoms with E-state index < -0.39 is 0 Å². The molecule has 0 fully saturated rings. The summed E-state index contributed by atoms with van der Waals surface area (Å²) in [6.07, 6.45) is 4.65. The van der Waals surface area contributed by atoms with Crippen LogP contribution in [-0.2, 0) is 13.1 Å². The Morgan fingerprint density at radius 3 is 2.71 bits per heavy atom. The maximum Gasteiger partial charge on any atom is 0.196 e. The highest BCUT2D eigenvalue weighted by atomic mass is 127. The number of benzene rings is 2. The lowest BCUT2D eigenvalue weighted by molar-refractivity contribution is 0.297. The molecule has 0 atom stereocenters. The zero-order valence-corrected chi connectivity index (χ0v) is 19.9. The van der Waals surface area contributed by atoms with Crippen molar-refractivity contribution in [2.45, 2.75) is 26.4 Å². The Labute approximate surface area is 199 Å².